The maximum absolute atomic E-state index is 12.6. The van der Waals surface area contributed by atoms with Crippen LogP contribution in [0.4, 0.5) is 5.69 Å². The van der Waals surface area contributed by atoms with Crippen molar-refractivity contribution in [1.82, 2.24) is 8.87 Å². The Hall–Kier alpha value is -2.65. The van der Waals surface area contributed by atoms with Crippen LogP contribution in [0.5, 0.6) is 5.75 Å². The Labute approximate surface area is 164 Å². The highest BCUT2D eigenvalue weighted by Gasteiger charge is 2.22. The number of sulfonamides is 1. The Morgan fingerprint density at radius 3 is 2.43 bits per heavy atom. The summed E-state index contributed by atoms with van der Waals surface area (Å²) in [6.07, 6.45) is 1.20. The van der Waals surface area contributed by atoms with E-state index in [-0.39, 0.29) is 11.4 Å². The number of carbonyl (C=O) groups excluding carboxylic acids is 1. The van der Waals surface area contributed by atoms with Crippen molar-refractivity contribution in [3.8, 4) is 5.75 Å². The van der Waals surface area contributed by atoms with Gasteiger partial charge in [0.15, 0.2) is 0 Å². The molecule has 152 valence electrons. The third-order valence-corrected chi connectivity index (χ3v) is 6.11. The molecule has 0 bridgehead atoms. The lowest BCUT2D eigenvalue weighted by Gasteiger charge is -2.19. The van der Waals surface area contributed by atoms with Crippen molar-refractivity contribution in [3.63, 3.8) is 0 Å². The molecule has 0 atom stereocenters. The van der Waals surface area contributed by atoms with Crippen LogP contribution in [-0.2, 0) is 21.4 Å². The number of nitrogens with one attached hydrogen (secondary N) is 1. The molecule has 0 saturated heterocycles. The van der Waals surface area contributed by atoms with Gasteiger partial charge in [0.2, 0.25) is 15.9 Å². The molecule has 0 aliphatic rings. The fraction of sp³-hybridized carbons (Fsp3) is 0.368. The zero-order valence-corrected chi connectivity index (χ0v) is 17.0. The summed E-state index contributed by atoms with van der Waals surface area (Å²) in [5, 5.41) is 2.69. The lowest BCUT2D eigenvalue weighted by Crippen LogP contribution is -2.33. The fourth-order valence-corrected chi connectivity index (χ4v) is 4.17. The smallest absolute Gasteiger partial charge is 0.251 e. The van der Waals surface area contributed by atoms with Crippen LogP contribution < -0.4 is 15.6 Å². The molecule has 1 aromatic carbocycles. The third-order valence-electron chi connectivity index (χ3n) is 4.07. The summed E-state index contributed by atoms with van der Waals surface area (Å²) in [5.74, 6) is 0.0511. The lowest BCUT2D eigenvalue weighted by molar-refractivity contribution is -0.116. The van der Waals surface area contributed by atoms with Crippen molar-refractivity contribution in [1.29, 1.82) is 0 Å². The third kappa shape index (κ3) is 4.99. The quantitative estimate of drug-likeness (QED) is 0.685. The SMILES string of the molecule is CCOc1ccccc1NC(=O)Cn1cc(S(=O)(=O)N(CC)CC)ccc1=O. The Bertz CT molecular complexity index is 981. The van der Waals surface area contributed by atoms with E-state index in [2.05, 4.69) is 5.32 Å². The van der Waals surface area contributed by atoms with Crippen LogP contribution in [0.1, 0.15) is 20.8 Å². The number of aromatic nitrogens is 1. The Balaban J connectivity index is 2.25. The minimum Gasteiger partial charge on any atom is -0.492 e. The highest BCUT2D eigenvalue weighted by atomic mass is 32.2. The van der Waals surface area contributed by atoms with Crippen LogP contribution in [0.2, 0.25) is 0 Å². The van der Waals surface area contributed by atoms with Gasteiger partial charge in [-0.1, -0.05) is 26.0 Å². The van der Waals surface area contributed by atoms with E-state index in [9.17, 15) is 18.0 Å². The molecule has 1 N–H and O–H groups in total. The van der Waals surface area contributed by atoms with E-state index >= 15 is 0 Å². The summed E-state index contributed by atoms with van der Waals surface area (Å²) in [6.45, 7) is 6.05. The van der Waals surface area contributed by atoms with Gasteiger partial charge in [0.1, 0.15) is 12.3 Å². The first-order valence-corrected chi connectivity index (χ1v) is 10.5. The van der Waals surface area contributed by atoms with Gasteiger partial charge >= 0.3 is 0 Å². The van der Waals surface area contributed by atoms with Gasteiger partial charge in [0, 0.05) is 25.4 Å². The first-order valence-electron chi connectivity index (χ1n) is 9.05. The number of benzene rings is 1. The number of rotatable bonds is 9. The summed E-state index contributed by atoms with van der Waals surface area (Å²) < 4.78 is 33.1. The van der Waals surface area contributed by atoms with Crippen LogP contribution in [0.15, 0.2) is 52.3 Å². The summed E-state index contributed by atoms with van der Waals surface area (Å²) in [5.41, 5.74) is 0.0149. The van der Waals surface area contributed by atoms with Crippen molar-refractivity contribution < 1.29 is 17.9 Å². The van der Waals surface area contributed by atoms with Crippen LogP contribution in [0, 0.1) is 0 Å². The van der Waals surface area contributed by atoms with Gasteiger partial charge in [-0.05, 0) is 25.1 Å². The summed E-state index contributed by atoms with van der Waals surface area (Å²) in [6, 6.07) is 9.36. The minimum atomic E-state index is -3.73. The van der Waals surface area contributed by atoms with E-state index in [1.54, 1.807) is 38.1 Å². The van der Waals surface area contributed by atoms with Crippen molar-refractivity contribution in [2.24, 2.45) is 0 Å². The molecule has 0 unspecified atom stereocenters. The lowest BCUT2D eigenvalue weighted by atomic mass is 10.3. The number of anilines is 1. The normalized spacial score (nSPS) is 11.4. The molecule has 1 amide bonds. The van der Waals surface area contributed by atoms with Crippen LogP contribution in [-0.4, -0.2) is 42.9 Å². The van der Waals surface area contributed by atoms with Gasteiger partial charge < -0.3 is 14.6 Å². The molecule has 0 fully saturated rings. The molecule has 1 heterocycles. The largest absolute Gasteiger partial charge is 0.492 e. The number of amides is 1. The van der Waals surface area contributed by atoms with Gasteiger partial charge in [-0.25, -0.2) is 8.42 Å². The summed E-state index contributed by atoms with van der Waals surface area (Å²) in [4.78, 5) is 24.5. The molecule has 0 aliphatic carbocycles. The number of nitrogens with zero attached hydrogens (tertiary/aromatic N) is 2. The summed E-state index contributed by atoms with van der Waals surface area (Å²) >= 11 is 0. The van der Waals surface area contributed by atoms with E-state index in [1.807, 2.05) is 6.92 Å². The van der Waals surface area contributed by atoms with E-state index < -0.39 is 21.5 Å². The van der Waals surface area contributed by atoms with E-state index in [4.69, 9.17) is 4.74 Å². The molecule has 0 saturated carbocycles. The predicted molar refractivity (Wildman–Crippen MR) is 107 cm³/mol. The second-order valence-electron chi connectivity index (χ2n) is 5.90. The molecule has 2 rings (SSSR count). The zero-order chi connectivity index (χ0) is 20.7. The maximum Gasteiger partial charge on any atom is 0.251 e. The van der Waals surface area contributed by atoms with Crippen molar-refractivity contribution >= 4 is 21.6 Å². The molecule has 8 nitrogen and oxygen atoms in total. The highest BCUT2D eigenvalue weighted by molar-refractivity contribution is 7.89. The Morgan fingerprint density at radius 2 is 1.79 bits per heavy atom. The predicted octanol–water partition coefficient (Wildman–Crippen LogP) is 1.92. The second kappa shape index (κ2) is 9.52. The van der Waals surface area contributed by atoms with Gasteiger partial charge in [0.05, 0.1) is 17.2 Å². The molecule has 2 aromatic rings. The number of pyridine rings is 1. The molecule has 0 aliphatic heterocycles. The number of hydrogen-bond donors (Lipinski definition) is 1. The molecule has 0 radical (unpaired) electrons. The van der Waals surface area contributed by atoms with Gasteiger partial charge in [-0.3, -0.25) is 9.59 Å². The molecule has 28 heavy (non-hydrogen) atoms. The van der Waals surface area contributed by atoms with Crippen LogP contribution in [0.3, 0.4) is 0 Å². The summed E-state index contributed by atoms with van der Waals surface area (Å²) in [7, 11) is -3.73. The van der Waals surface area contributed by atoms with Crippen LogP contribution >= 0.6 is 0 Å². The molecule has 0 spiro atoms. The number of ether oxygens (including phenoxy) is 1. The molecular formula is C19H25N3O5S. The molecular weight excluding hydrogens is 382 g/mol. The number of para-hydroxylation sites is 2. The average molecular weight is 407 g/mol. The first-order chi connectivity index (χ1) is 13.3. The molecule has 1 aromatic heterocycles. The minimum absolute atomic E-state index is 0.0293. The van der Waals surface area contributed by atoms with E-state index in [0.717, 1.165) is 10.6 Å². The van der Waals surface area contributed by atoms with E-state index in [0.29, 0.717) is 31.1 Å². The topological polar surface area (TPSA) is 97.7 Å². The van der Waals surface area contributed by atoms with E-state index in [1.165, 1.54) is 16.6 Å². The Kier molecular flexibility index (Phi) is 7.36. The van der Waals surface area contributed by atoms with Gasteiger partial charge in [-0.2, -0.15) is 4.31 Å². The maximum atomic E-state index is 12.6. The average Bonchev–Trinajstić information content (AvgIpc) is 2.66. The van der Waals surface area contributed by atoms with Crippen molar-refractivity contribution in [2.75, 3.05) is 25.0 Å². The first kappa shape index (κ1) is 21.6. The highest BCUT2D eigenvalue weighted by Crippen LogP contribution is 2.23. The van der Waals surface area contributed by atoms with Gasteiger partial charge in [0.25, 0.3) is 5.56 Å². The monoisotopic (exact) mass is 407 g/mol. The molecule has 9 heteroatoms. The number of hydrogen-bond acceptors (Lipinski definition) is 5. The van der Waals surface area contributed by atoms with Gasteiger partial charge in [-0.15, -0.1) is 0 Å². The number of carbonyl (C=O) groups is 1. The van der Waals surface area contributed by atoms with Crippen LogP contribution in [0.25, 0.3) is 0 Å². The Morgan fingerprint density at radius 1 is 1.11 bits per heavy atom. The standard InChI is InChI=1S/C19H25N3O5S/c1-4-22(5-2)28(25,26)15-11-12-19(24)21(13-15)14-18(23)20-16-9-7-8-10-17(16)27-6-3/h7-13H,4-6,14H2,1-3H3,(H,20,23). The van der Waals surface area contributed by atoms with Crippen molar-refractivity contribution in [2.45, 2.75) is 32.2 Å². The van der Waals surface area contributed by atoms with Crippen molar-refractivity contribution in [3.05, 3.63) is 52.9 Å². The fourth-order valence-electron chi connectivity index (χ4n) is 2.69. The second-order valence-corrected chi connectivity index (χ2v) is 7.84. The zero-order valence-electron chi connectivity index (χ0n) is 16.2.